The third-order valence-corrected chi connectivity index (χ3v) is 3.13. The summed E-state index contributed by atoms with van der Waals surface area (Å²) in [5, 5.41) is 10.8. The lowest BCUT2D eigenvalue weighted by atomic mass is 10.1. The van der Waals surface area contributed by atoms with Gasteiger partial charge in [0.15, 0.2) is 0 Å². The van der Waals surface area contributed by atoms with Crippen LogP contribution in [-0.4, -0.2) is 48.5 Å². The number of nitro groups is 1. The lowest BCUT2D eigenvalue weighted by Crippen LogP contribution is -2.32. The second-order valence-electron chi connectivity index (χ2n) is 5.22. The monoisotopic (exact) mass is 280 g/mol. The zero-order valence-electron chi connectivity index (χ0n) is 12.5. The Balaban J connectivity index is 2.81. The Morgan fingerprint density at radius 2 is 1.95 bits per heavy atom. The maximum atomic E-state index is 10.8. The molecular weight excluding hydrogens is 256 g/mol. The second kappa shape index (κ2) is 7.81. The van der Waals surface area contributed by atoms with E-state index in [1.165, 1.54) is 6.07 Å². The fraction of sp³-hybridized carbons (Fsp3) is 0.571. The van der Waals surface area contributed by atoms with Crippen molar-refractivity contribution in [3.8, 4) is 0 Å². The molecule has 0 fully saturated rings. The number of likely N-dealkylation sites (N-methyl/N-ethyl adjacent to an activating group) is 1. The summed E-state index contributed by atoms with van der Waals surface area (Å²) in [6, 6.07) is 4.64. The lowest BCUT2D eigenvalue weighted by Gasteiger charge is -2.24. The van der Waals surface area contributed by atoms with Crippen LogP contribution in [0.5, 0.6) is 0 Å². The molecule has 0 unspecified atom stereocenters. The van der Waals surface area contributed by atoms with E-state index in [0.29, 0.717) is 12.2 Å². The number of hydrogen-bond donors (Lipinski definition) is 1. The highest BCUT2D eigenvalue weighted by Crippen LogP contribution is 2.21. The van der Waals surface area contributed by atoms with Crippen molar-refractivity contribution in [3.63, 3.8) is 0 Å². The third-order valence-electron chi connectivity index (χ3n) is 3.13. The fourth-order valence-corrected chi connectivity index (χ4v) is 2.01. The van der Waals surface area contributed by atoms with Crippen LogP contribution in [0.3, 0.4) is 0 Å². The van der Waals surface area contributed by atoms with Crippen LogP contribution in [0.15, 0.2) is 18.2 Å². The van der Waals surface area contributed by atoms with Crippen LogP contribution in [0, 0.1) is 10.1 Å². The highest BCUT2D eigenvalue weighted by molar-refractivity contribution is 5.52. The number of hydrogen-bond acceptors (Lipinski definition) is 5. The molecule has 0 atom stereocenters. The van der Waals surface area contributed by atoms with Crippen molar-refractivity contribution < 1.29 is 4.92 Å². The first kappa shape index (κ1) is 16.4. The number of nitrogen functional groups attached to an aromatic ring is 1. The van der Waals surface area contributed by atoms with Gasteiger partial charge in [-0.15, -0.1) is 0 Å². The largest absolute Gasteiger partial charge is 0.398 e. The van der Waals surface area contributed by atoms with Gasteiger partial charge in [-0.05, 0) is 38.7 Å². The number of nitrogens with zero attached hydrogens (tertiary/aromatic N) is 3. The minimum absolute atomic E-state index is 0.0956. The molecule has 0 amide bonds. The summed E-state index contributed by atoms with van der Waals surface area (Å²) < 4.78 is 0. The number of nitro benzene ring substituents is 1. The molecule has 0 saturated heterocycles. The van der Waals surface area contributed by atoms with E-state index in [1.54, 1.807) is 12.1 Å². The summed E-state index contributed by atoms with van der Waals surface area (Å²) in [6.45, 7) is 5.60. The topological polar surface area (TPSA) is 75.6 Å². The van der Waals surface area contributed by atoms with Crippen LogP contribution in [0.2, 0.25) is 0 Å². The van der Waals surface area contributed by atoms with Crippen LogP contribution in [0.1, 0.15) is 18.9 Å². The van der Waals surface area contributed by atoms with E-state index in [9.17, 15) is 10.1 Å². The predicted molar refractivity (Wildman–Crippen MR) is 81.6 cm³/mol. The Morgan fingerprint density at radius 1 is 1.25 bits per heavy atom. The summed E-state index contributed by atoms with van der Waals surface area (Å²) in [6.07, 6.45) is 1.04. The highest BCUT2D eigenvalue weighted by Gasteiger charge is 2.12. The molecule has 0 bridgehead atoms. The predicted octanol–water partition coefficient (Wildman–Crippen LogP) is 1.95. The molecule has 2 N–H and O–H groups in total. The van der Waals surface area contributed by atoms with Crippen LogP contribution >= 0.6 is 0 Å². The van der Waals surface area contributed by atoms with Crippen molar-refractivity contribution in [2.24, 2.45) is 0 Å². The summed E-state index contributed by atoms with van der Waals surface area (Å²) in [5.74, 6) is 0. The molecule has 0 heterocycles. The van der Waals surface area contributed by atoms with Gasteiger partial charge in [0.2, 0.25) is 0 Å². The van der Waals surface area contributed by atoms with E-state index in [4.69, 9.17) is 5.73 Å². The second-order valence-corrected chi connectivity index (χ2v) is 5.22. The standard InChI is InChI=1S/C14H24N4O2/c1-4-7-17(9-8-16(2)3)11-12-10-13(18(19)20)5-6-14(12)15/h5-6,10H,4,7-9,11,15H2,1-3H3. The molecule has 0 aliphatic carbocycles. The molecular formula is C14H24N4O2. The Labute approximate surface area is 120 Å². The van der Waals surface area contributed by atoms with Crippen molar-refractivity contribution in [2.45, 2.75) is 19.9 Å². The molecule has 0 aromatic heterocycles. The molecule has 0 aliphatic heterocycles. The first-order chi connectivity index (χ1) is 9.43. The first-order valence-electron chi connectivity index (χ1n) is 6.84. The molecule has 0 aliphatic rings. The van der Waals surface area contributed by atoms with Gasteiger partial charge in [-0.3, -0.25) is 15.0 Å². The average molecular weight is 280 g/mol. The molecule has 0 radical (unpaired) electrons. The Hall–Kier alpha value is -1.66. The molecule has 6 nitrogen and oxygen atoms in total. The zero-order valence-corrected chi connectivity index (χ0v) is 12.5. The van der Waals surface area contributed by atoms with E-state index in [2.05, 4.69) is 16.7 Å². The van der Waals surface area contributed by atoms with Gasteiger partial charge >= 0.3 is 0 Å². The van der Waals surface area contributed by atoms with E-state index < -0.39 is 0 Å². The summed E-state index contributed by atoms with van der Waals surface area (Å²) in [4.78, 5) is 14.9. The van der Waals surface area contributed by atoms with Crippen LogP contribution in [0.25, 0.3) is 0 Å². The smallest absolute Gasteiger partial charge is 0.269 e. The number of anilines is 1. The van der Waals surface area contributed by atoms with Crippen molar-refractivity contribution in [2.75, 3.05) is 39.5 Å². The Bertz CT molecular complexity index is 449. The quantitative estimate of drug-likeness (QED) is 0.447. The SMILES string of the molecule is CCCN(CCN(C)C)Cc1cc([N+](=O)[O-])ccc1N. The van der Waals surface area contributed by atoms with Gasteiger partial charge in [-0.25, -0.2) is 0 Å². The zero-order chi connectivity index (χ0) is 15.1. The molecule has 20 heavy (non-hydrogen) atoms. The normalized spacial score (nSPS) is 11.2. The Kier molecular flexibility index (Phi) is 6.41. The number of non-ortho nitro benzene ring substituents is 1. The summed E-state index contributed by atoms with van der Waals surface area (Å²) in [5.41, 5.74) is 7.46. The number of nitrogens with two attached hydrogens (primary N) is 1. The van der Waals surface area contributed by atoms with E-state index in [0.717, 1.165) is 31.6 Å². The summed E-state index contributed by atoms with van der Waals surface area (Å²) in [7, 11) is 4.07. The van der Waals surface area contributed by atoms with Crippen molar-refractivity contribution >= 4 is 11.4 Å². The molecule has 1 rings (SSSR count). The van der Waals surface area contributed by atoms with E-state index >= 15 is 0 Å². The van der Waals surface area contributed by atoms with E-state index in [1.807, 2.05) is 14.1 Å². The first-order valence-corrected chi connectivity index (χ1v) is 6.84. The van der Waals surface area contributed by atoms with E-state index in [-0.39, 0.29) is 10.6 Å². The van der Waals surface area contributed by atoms with Crippen molar-refractivity contribution in [1.29, 1.82) is 0 Å². The average Bonchev–Trinajstić information content (AvgIpc) is 2.38. The van der Waals surface area contributed by atoms with Gasteiger partial charge < -0.3 is 10.6 Å². The Morgan fingerprint density at radius 3 is 2.50 bits per heavy atom. The number of benzene rings is 1. The van der Waals surface area contributed by atoms with Gasteiger partial charge in [-0.2, -0.15) is 0 Å². The van der Waals surface area contributed by atoms with Crippen LogP contribution < -0.4 is 5.73 Å². The highest BCUT2D eigenvalue weighted by atomic mass is 16.6. The van der Waals surface area contributed by atoms with Crippen molar-refractivity contribution in [3.05, 3.63) is 33.9 Å². The van der Waals surface area contributed by atoms with Crippen molar-refractivity contribution in [1.82, 2.24) is 9.80 Å². The van der Waals surface area contributed by atoms with Gasteiger partial charge in [-0.1, -0.05) is 6.92 Å². The minimum Gasteiger partial charge on any atom is -0.398 e. The minimum atomic E-state index is -0.382. The maximum Gasteiger partial charge on any atom is 0.269 e. The van der Waals surface area contributed by atoms with Gasteiger partial charge in [0.1, 0.15) is 0 Å². The molecule has 1 aromatic carbocycles. The van der Waals surface area contributed by atoms with Crippen LogP contribution in [-0.2, 0) is 6.54 Å². The molecule has 0 saturated carbocycles. The maximum absolute atomic E-state index is 10.8. The molecule has 6 heteroatoms. The number of rotatable bonds is 8. The van der Waals surface area contributed by atoms with Gasteiger partial charge in [0.05, 0.1) is 4.92 Å². The molecule has 112 valence electrons. The molecule has 0 spiro atoms. The molecule has 1 aromatic rings. The van der Waals surface area contributed by atoms with Gasteiger partial charge in [0.25, 0.3) is 5.69 Å². The van der Waals surface area contributed by atoms with Gasteiger partial charge in [0, 0.05) is 37.5 Å². The van der Waals surface area contributed by atoms with Crippen LogP contribution in [0.4, 0.5) is 11.4 Å². The fourth-order valence-electron chi connectivity index (χ4n) is 2.01. The summed E-state index contributed by atoms with van der Waals surface area (Å²) >= 11 is 0. The lowest BCUT2D eigenvalue weighted by molar-refractivity contribution is -0.384. The third kappa shape index (κ3) is 5.14.